The highest BCUT2D eigenvalue weighted by molar-refractivity contribution is 6.31. The van der Waals surface area contributed by atoms with Gasteiger partial charge in [0.25, 0.3) is 5.91 Å². The molecule has 1 unspecified atom stereocenters. The van der Waals surface area contributed by atoms with Gasteiger partial charge in [-0.05, 0) is 67.6 Å². The zero-order valence-corrected chi connectivity index (χ0v) is 17.7. The highest BCUT2D eigenvalue weighted by Crippen LogP contribution is 2.35. The van der Waals surface area contributed by atoms with Gasteiger partial charge in [-0.2, -0.15) is 0 Å². The van der Waals surface area contributed by atoms with Crippen LogP contribution >= 0.6 is 11.6 Å². The molecule has 0 spiro atoms. The molecule has 0 saturated carbocycles. The van der Waals surface area contributed by atoms with Crippen molar-refractivity contribution in [3.8, 4) is 5.75 Å². The molecule has 2 aromatic carbocycles. The average molecular weight is 437 g/mol. The Balaban J connectivity index is 1.30. The Morgan fingerprint density at radius 2 is 2.10 bits per heavy atom. The third-order valence-electron chi connectivity index (χ3n) is 5.80. The first kappa shape index (κ1) is 19.7. The molecule has 2 heterocycles. The average Bonchev–Trinajstić information content (AvgIpc) is 3.11. The van der Waals surface area contributed by atoms with E-state index in [1.54, 1.807) is 12.1 Å². The van der Waals surface area contributed by atoms with Crippen molar-refractivity contribution >= 4 is 39.4 Å². The minimum Gasteiger partial charge on any atom is -0.484 e. The van der Waals surface area contributed by atoms with Crippen LogP contribution in [-0.2, 0) is 11.2 Å². The van der Waals surface area contributed by atoms with Crippen molar-refractivity contribution in [1.82, 2.24) is 10.3 Å². The van der Waals surface area contributed by atoms with Gasteiger partial charge in [-0.3, -0.25) is 4.79 Å². The third-order valence-corrected chi connectivity index (χ3v) is 6.03. The van der Waals surface area contributed by atoms with E-state index in [1.165, 1.54) is 11.6 Å². The Morgan fingerprint density at radius 3 is 2.97 bits per heavy atom. The van der Waals surface area contributed by atoms with Gasteiger partial charge in [0.05, 0.1) is 6.04 Å². The molecule has 1 atom stereocenters. The van der Waals surface area contributed by atoms with Crippen LogP contribution in [0.2, 0.25) is 5.02 Å². The summed E-state index contributed by atoms with van der Waals surface area (Å²) in [6.07, 6.45) is 2.81. The van der Waals surface area contributed by atoms with Crippen LogP contribution in [0.15, 0.2) is 51.7 Å². The topological polar surface area (TPSA) is 84.3 Å². The minimum absolute atomic E-state index is 0.0942. The largest absolute Gasteiger partial charge is 0.484 e. The van der Waals surface area contributed by atoms with E-state index in [2.05, 4.69) is 10.3 Å². The van der Waals surface area contributed by atoms with E-state index in [0.29, 0.717) is 16.4 Å². The van der Waals surface area contributed by atoms with Gasteiger partial charge in [-0.25, -0.2) is 4.79 Å². The molecule has 0 radical (unpaired) electrons. The molecule has 158 valence electrons. The number of aromatic nitrogens is 1. The van der Waals surface area contributed by atoms with Crippen molar-refractivity contribution in [3.63, 3.8) is 0 Å². The van der Waals surface area contributed by atoms with Gasteiger partial charge in [0, 0.05) is 39.1 Å². The number of nitrogens with one attached hydrogen (secondary N) is 2. The number of H-pyrrole nitrogens is 1. The first-order valence-electron chi connectivity index (χ1n) is 10.2. The van der Waals surface area contributed by atoms with E-state index in [-0.39, 0.29) is 18.6 Å². The monoisotopic (exact) mass is 436 g/mol. The normalized spacial score (nSPS) is 15.7. The molecule has 0 aliphatic heterocycles. The molecule has 7 heteroatoms. The number of benzene rings is 2. The first-order chi connectivity index (χ1) is 15.0. The summed E-state index contributed by atoms with van der Waals surface area (Å²) >= 11 is 6.17. The summed E-state index contributed by atoms with van der Waals surface area (Å²) in [6, 6.07) is 12.4. The van der Waals surface area contributed by atoms with E-state index < -0.39 is 5.63 Å². The Morgan fingerprint density at radius 1 is 1.23 bits per heavy atom. The summed E-state index contributed by atoms with van der Waals surface area (Å²) in [5.41, 5.74) is 4.15. The number of halogens is 1. The van der Waals surface area contributed by atoms with E-state index in [1.807, 2.05) is 31.2 Å². The summed E-state index contributed by atoms with van der Waals surface area (Å²) in [5.74, 6) is 0.265. The Labute approximate surface area is 183 Å². The molecule has 4 aromatic rings. The second-order valence-corrected chi connectivity index (χ2v) is 8.35. The molecule has 2 aromatic heterocycles. The highest BCUT2D eigenvalue weighted by atomic mass is 35.5. The fourth-order valence-corrected chi connectivity index (χ4v) is 4.53. The predicted molar refractivity (Wildman–Crippen MR) is 120 cm³/mol. The highest BCUT2D eigenvalue weighted by Gasteiger charge is 2.25. The summed E-state index contributed by atoms with van der Waals surface area (Å²) < 4.78 is 10.9. The lowest BCUT2D eigenvalue weighted by Gasteiger charge is -2.24. The van der Waals surface area contributed by atoms with Crippen LogP contribution < -0.4 is 15.7 Å². The second-order valence-electron chi connectivity index (χ2n) is 7.91. The van der Waals surface area contributed by atoms with Crippen LogP contribution in [0.3, 0.4) is 0 Å². The molecular weight excluding hydrogens is 416 g/mol. The molecule has 0 saturated heterocycles. The molecular formula is C24H21ClN2O4. The molecule has 31 heavy (non-hydrogen) atoms. The van der Waals surface area contributed by atoms with Crippen molar-refractivity contribution in [3.05, 3.63) is 74.7 Å². The zero-order valence-electron chi connectivity index (χ0n) is 17.0. The first-order valence-corrected chi connectivity index (χ1v) is 10.6. The maximum atomic E-state index is 12.6. The number of amides is 1. The predicted octanol–water partition coefficient (Wildman–Crippen LogP) is 4.81. The summed E-state index contributed by atoms with van der Waals surface area (Å²) in [4.78, 5) is 27.6. The summed E-state index contributed by atoms with van der Waals surface area (Å²) in [7, 11) is 0. The standard InChI is InChI=1S/C24H21ClN2O4/c1-13-9-23(29)31-21-11-15(6-7-16(13)21)30-12-22(28)26-20-4-2-3-17-18-10-14(25)5-8-19(18)27-24(17)20/h5-11,20,27H,2-4,12H2,1H3,(H,26,28). The summed E-state index contributed by atoms with van der Waals surface area (Å²) in [6.45, 7) is 1.73. The fraction of sp³-hybridized carbons (Fsp3) is 0.250. The molecule has 0 fully saturated rings. The van der Waals surface area contributed by atoms with E-state index >= 15 is 0 Å². The molecule has 0 bridgehead atoms. The van der Waals surface area contributed by atoms with Crippen LogP contribution in [0.4, 0.5) is 0 Å². The maximum Gasteiger partial charge on any atom is 0.336 e. The van der Waals surface area contributed by atoms with Gasteiger partial charge in [0.2, 0.25) is 0 Å². The third kappa shape index (κ3) is 3.79. The SMILES string of the molecule is Cc1cc(=O)oc2cc(OCC(=O)NC3CCCc4c3[nH]c3ccc(Cl)cc43)ccc12. The number of carbonyl (C=O) groups excluding carboxylic acids is 1. The minimum atomic E-state index is -0.410. The van der Waals surface area contributed by atoms with Gasteiger partial charge >= 0.3 is 5.63 Å². The van der Waals surface area contributed by atoms with Crippen molar-refractivity contribution in [2.24, 2.45) is 0 Å². The summed E-state index contributed by atoms with van der Waals surface area (Å²) in [5, 5.41) is 5.73. The van der Waals surface area contributed by atoms with Crippen LogP contribution in [0.25, 0.3) is 21.9 Å². The van der Waals surface area contributed by atoms with E-state index in [0.717, 1.165) is 46.8 Å². The van der Waals surface area contributed by atoms with Crippen LogP contribution in [0.1, 0.15) is 35.7 Å². The molecule has 1 aliphatic carbocycles. The van der Waals surface area contributed by atoms with Crippen LogP contribution in [0.5, 0.6) is 5.75 Å². The Hall–Kier alpha value is -3.25. The van der Waals surface area contributed by atoms with Gasteiger partial charge in [0.1, 0.15) is 11.3 Å². The molecule has 2 N–H and O–H groups in total. The van der Waals surface area contributed by atoms with Crippen molar-refractivity contribution < 1.29 is 13.9 Å². The number of carbonyl (C=O) groups is 1. The maximum absolute atomic E-state index is 12.6. The number of hydrogen-bond donors (Lipinski definition) is 2. The van der Waals surface area contributed by atoms with Crippen LogP contribution in [-0.4, -0.2) is 17.5 Å². The van der Waals surface area contributed by atoms with Gasteiger partial charge < -0.3 is 19.5 Å². The number of rotatable bonds is 4. The lowest BCUT2D eigenvalue weighted by atomic mass is 9.91. The quantitative estimate of drug-likeness (QED) is 0.450. The fourth-order valence-electron chi connectivity index (χ4n) is 4.36. The van der Waals surface area contributed by atoms with Gasteiger partial charge in [0.15, 0.2) is 6.61 Å². The number of ether oxygens (including phenoxy) is 1. The van der Waals surface area contributed by atoms with E-state index in [9.17, 15) is 9.59 Å². The number of aryl methyl sites for hydroxylation is 2. The lowest BCUT2D eigenvalue weighted by Crippen LogP contribution is -2.34. The van der Waals surface area contributed by atoms with Crippen LogP contribution in [0, 0.1) is 6.92 Å². The Bertz CT molecular complexity index is 1370. The number of hydrogen-bond acceptors (Lipinski definition) is 4. The number of aromatic amines is 1. The van der Waals surface area contributed by atoms with Gasteiger partial charge in [-0.15, -0.1) is 0 Å². The second kappa shape index (κ2) is 7.78. The molecule has 1 aliphatic rings. The molecule has 5 rings (SSSR count). The molecule has 6 nitrogen and oxygen atoms in total. The Kier molecular flexibility index (Phi) is 4.94. The van der Waals surface area contributed by atoms with Crippen molar-refractivity contribution in [2.45, 2.75) is 32.2 Å². The van der Waals surface area contributed by atoms with Crippen molar-refractivity contribution in [2.75, 3.05) is 6.61 Å². The lowest BCUT2D eigenvalue weighted by molar-refractivity contribution is -0.124. The smallest absolute Gasteiger partial charge is 0.336 e. The van der Waals surface area contributed by atoms with Crippen molar-refractivity contribution in [1.29, 1.82) is 0 Å². The van der Waals surface area contributed by atoms with Gasteiger partial charge in [-0.1, -0.05) is 11.6 Å². The zero-order chi connectivity index (χ0) is 21.5. The van der Waals surface area contributed by atoms with E-state index in [4.69, 9.17) is 20.8 Å². The molecule has 1 amide bonds. The number of fused-ring (bicyclic) bond motifs is 4.